The zero-order valence-corrected chi connectivity index (χ0v) is 14.3. The maximum absolute atomic E-state index is 12.3. The lowest BCUT2D eigenvalue weighted by Crippen LogP contribution is -2.27. The van der Waals surface area contributed by atoms with E-state index in [0.717, 1.165) is 5.56 Å². The molecule has 0 bridgehead atoms. The quantitative estimate of drug-likeness (QED) is 0.833. The number of hydrogen-bond acceptors (Lipinski definition) is 3. The van der Waals surface area contributed by atoms with Gasteiger partial charge in [0, 0.05) is 25.6 Å². The zero-order valence-electron chi connectivity index (χ0n) is 14.3. The minimum Gasteiger partial charge on any atom is -0.481 e. The Morgan fingerprint density at radius 3 is 2.62 bits per heavy atom. The molecule has 24 heavy (non-hydrogen) atoms. The predicted molar refractivity (Wildman–Crippen MR) is 92.1 cm³/mol. The minimum atomic E-state index is -0.860. The number of amides is 1. The Labute approximate surface area is 141 Å². The van der Waals surface area contributed by atoms with E-state index < -0.39 is 5.97 Å². The van der Waals surface area contributed by atoms with Crippen molar-refractivity contribution in [3.8, 4) is 11.3 Å². The van der Waals surface area contributed by atoms with Gasteiger partial charge in [-0.1, -0.05) is 32.0 Å². The Morgan fingerprint density at radius 2 is 1.96 bits per heavy atom. The molecule has 5 heteroatoms. The molecule has 1 aromatic heterocycles. The van der Waals surface area contributed by atoms with E-state index in [1.807, 2.05) is 12.1 Å². The normalized spacial score (nSPS) is 10.8. The number of carbonyl (C=O) groups is 2. The molecule has 0 atom stereocenters. The molecule has 1 N–H and O–H groups in total. The molecule has 0 spiro atoms. The summed E-state index contributed by atoms with van der Waals surface area (Å²) in [6.45, 7) is 4.63. The summed E-state index contributed by atoms with van der Waals surface area (Å²) in [5.41, 5.74) is 2.15. The number of carboxylic acid groups (broad SMARTS) is 1. The molecule has 0 saturated heterocycles. The average molecular weight is 329 g/mol. The highest BCUT2D eigenvalue weighted by Crippen LogP contribution is 2.26. The highest BCUT2D eigenvalue weighted by Gasteiger charge is 2.17. The molecule has 0 aliphatic heterocycles. The third-order valence-electron chi connectivity index (χ3n) is 3.89. The summed E-state index contributed by atoms with van der Waals surface area (Å²) in [5, 5.41) is 8.65. The first kappa shape index (κ1) is 17.8. The van der Waals surface area contributed by atoms with Gasteiger partial charge in [-0.05, 0) is 36.1 Å². The molecular formula is C19H23NO4. The van der Waals surface area contributed by atoms with Gasteiger partial charge < -0.3 is 14.4 Å². The lowest BCUT2D eigenvalue weighted by Gasteiger charge is -2.14. The van der Waals surface area contributed by atoms with Gasteiger partial charge in [0.05, 0.1) is 0 Å². The number of carboxylic acids is 1. The Morgan fingerprint density at radius 1 is 1.21 bits per heavy atom. The molecule has 0 radical (unpaired) electrons. The maximum Gasteiger partial charge on any atom is 0.303 e. The number of nitrogens with zero attached hydrogens (tertiary/aromatic N) is 1. The first-order chi connectivity index (χ1) is 11.4. The van der Waals surface area contributed by atoms with Gasteiger partial charge in [-0.2, -0.15) is 0 Å². The van der Waals surface area contributed by atoms with Gasteiger partial charge in [0.25, 0.3) is 5.91 Å². The Bertz CT molecular complexity index is 718. The van der Waals surface area contributed by atoms with E-state index in [-0.39, 0.29) is 18.1 Å². The van der Waals surface area contributed by atoms with Crippen LogP contribution in [0.4, 0.5) is 0 Å². The fourth-order valence-electron chi connectivity index (χ4n) is 2.42. The Hall–Kier alpha value is -2.56. The van der Waals surface area contributed by atoms with Crippen LogP contribution < -0.4 is 0 Å². The van der Waals surface area contributed by atoms with Crippen molar-refractivity contribution >= 4 is 11.9 Å². The Balaban J connectivity index is 2.08. The van der Waals surface area contributed by atoms with Crippen LogP contribution in [0.3, 0.4) is 0 Å². The van der Waals surface area contributed by atoms with E-state index in [1.54, 1.807) is 19.2 Å². The van der Waals surface area contributed by atoms with Crippen LogP contribution >= 0.6 is 0 Å². The highest BCUT2D eigenvalue weighted by molar-refractivity contribution is 5.92. The second kappa shape index (κ2) is 7.81. The summed E-state index contributed by atoms with van der Waals surface area (Å²) in [6.07, 6.45) is 0.463. The molecule has 5 nitrogen and oxygen atoms in total. The summed E-state index contributed by atoms with van der Waals surface area (Å²) in [5.74, 6) is 0.228. The molecule has 1 aromatic carbocycles. The molecular weight excluding hydrogens is 306 g/mol. The van der Waals surface area contributed by atoms with E-state index in [4.69, 9.17) is 9.52 Å². The van der Waals surface area contributed by atoms with Gasteiger partial charge in [-0.15, -0.1) is 0 Å². The van der Waals surface area contributed by atoms with Crippen molar-refractivity contribution in [2.75, 3.05) is 13.6 Å². The van der Waals surface area contributed by atoms with Crippen LogP contribution in [0.2, 0.25) is 0 Å². The number of aliphatic carboxylic acids is 1. The first-order valence-electron chi connectivity index (χ1n) is 8.06. The number of rotatable bonds is 7. The Kier molecular flexibility index (Phi) is 5.79. The number of benzene rings is 1. The second-order valence-corrected chi connectivity index (χ2v) is 6.17. The molecule has 2 aromatic rings. The van der Waals surface area contributed by atoms with Crippen molar-refractivity contribution in [3.05, 3.63) is 47.7 Å². The lowest BCUT2D eigenvalue weighted by atomic mass is 10.0. The van der Waals surface area contributed by atoms with Crippen molar-refractivity contribution in [1.82, 2.24) is 4.90 Å². The van der Waals surface area contributed by atoms with Crippen LogP contribution in [-0.4, -0.2) is 35.5 Å². The summed E-state index contributed by atoms with van der Waals surface area (Å²) in [4.78, 5) is 24.3. The standard InChI is InChI=1S/C19H23NO4/c1-13(2)14-6-4-7-15(12-14)16-9-10-17(24-16)19(23)20(3)11-5-8-18(21)22/h4,6-7,9-10,12-13H,5,8,11H2,1-3H3,(H,21,22). The number of furan rings is 1. The largest absolute Gasteiger partial charge is 0.481 e. The van der Waals surface area contributed by atoms with Crippen molar-refractivity contribution in [1.29, 1.82) is 0 Å². The van der Waals surface area contributed by atoms with Gasteiger partial charge in [0.2, 0.25) is 0 Å². The lowest BCUT2D eigenvalue weighted by molar-refractivity contribution is -0.137. The minimum absolute atomic E-state index is 0.0447. The molecule has 2 rings (SSSR count). The molecule has 0 fully saturated rings. The molecule has 0 saturated carbocycles. The van der Waals surface area contributed by atoms with Crippen molar-refractivity contribution in [2.45, 2.75) is 32.6 Å². The number of carbonyl (C=O) groups excluding carboxylic acids is 1. The van der Waals surface area contributed by atoms with Crippen LogP contribution in [0.1, 0.15) is 48.7 Å². The topological polar surface area (TPSA) is 70.8 Å². The smallest absolute Gasteiger partial charge is 0.303 e. The van der Waals surface area contributed by atoms with Crippen LogP contribution in [0.25, 0.3) is 11.3 Å². The molecule has 0 unspecified atom stereocenters. The van der Waals surface area contributed by atoms with Crippen molar-refractivity contribution < 1.29 is 19.1 Å². The van der Waals surface area contributed by atoms with E-state index >= 15 is 0 Å². The molecule has 0 aliphatic rings. The molecule has 128 valence electrons. The van der Waals surface area contributed by atoms with E-state index in [9.17, 15) is 9.59 Å². The first-order valence-corrected chi connectivity index (χ1v) is 8.06. The van der Waals surface area contributed by atoms with Crippen LogP contribution in [0, 0.1) is 0 Å². The fraction of sp³-hybridized carbons (Fsp3) is 0.368. The predicted octanol–water partition coefficient (Wildman–Crippen LogP) is 4.01. The van der Waals surface area contributed by atoms with Crippen LogP contribution in [0.5, 0.6) is 0 Å². The summed E-state index contributed by atoms with van der Waals surface area (Å²) in [7, 11) is 1.64. The second-order valence-electron chi connectivity index (χ2n) is 6.17. The van der Waals surface area contributed by atoms with E-state index in [1.165, 1.54) is 10.5 Å². The molecule has 1 amide bonds. The zero-order chi connectivity index (χ0) is 17.7. The summed E-state index contributed by atoms with van der Waals surface area (Å²) >= 11 is 0. The monoisotopic (exact) mass is 329 g/mol. The molecule has 0 aliphatic carbocycles. The summed E-state index contributed by atoms with van der Waals surface area (Å²) in [6, 6.07) is 11.5. The fourth-order valence-corrected chi connectivity index (χ4v) is 2.42. The van der Waals surface area contributed by atoms with Crippen molar-refractivity contribution in [3.63, 3.8) is 0 Å². The third-order valence-corrected chi connectivity index (χ3v) is 3.89. The van der Waals surface area contributed by atoms with Gasteiger partial charge in [0.1, 0.15) is 5.76 Å². The molecule has 1 heterocycles. The third kappa shape index (κ3) is 4.47. The van der Waals surface area contributed by atoms with Crippen molar-refractivity contribution in [2.24, 2.45) is 0 Å². The average Bonchev–Trinajstić information content (AvgIpc) is 3.03. The van der Waals surface area contributed by atoms with Crippen LogP contribution in [-0.2, 0) is 4.79 Å². The van der Waals surface area contributed by atoms with E-state index in [0.29, 0.717) is 24.6 Å². The van der Waals surface area contributed by atoms with Crippen LogP contribution in [0.15, 0.2) is 40.8 Å². The number of hydrogen-bond donors (Lipinski definition) is 1. The van der Waals surface area contributed by atoms with Gasteiger partial charge >= 0.3 is 5.97 Å². The highest BCUT2D eigenvalue weighted by atomic mass is 16.4. The van der Waals surface area contributed by atoms with Gasteiger partial charge in [-0.3, -0.25) is 9.59 Å². The van der Waals surface area contributed by atoms with Gasteiger partial charge in [0.15, 0.2) is 5.76 Å². The van der Waals surface area contributed by atoms with E-state index in [2.05, 4.69) is 26.0 Å². The SMILES string of the molecule is CC(C)c1cccc(-c2ccc(C(=O)N(C)CCCC(=O)O)o2)c1. The van der Waals surface area contributed by atoms with Gasteiger partial charge in [-0.25, -0.2) is 0 Å². The summed E-state index contributed by atoms with van der Waals surface area (Å²) < 4.78 is 5.71. The maximum atomic E-state index is 12.3.